The maximum Gasteiger partial charge on any atom is 0.252 e. The summed E-state index contributed by atoms with van der Waals surface area (Å²) in [5.41, 5.74) is 29.3. The van der Waals surface area contributed by atoms with Gasteiger partial charge in [0, 0.05) is 65.4 Å². The smallest absolute Gasteiger partial charge is 0.252 e. The number of hydrogen-bond donors (Lipinski definition) is 0. The van der Waals surface area contributed by atoms with Crippen LogP contribution in [0.25, 0.3) is 20.2 Å². The molecule has 80 heavy (non-hydrogen) atoms. The van der Waals surface area contributed by atoms with E-state index in [9.17, 15) is 0 Å². The molecule has 4 aliphatic carbocycles. The molecule has 3 atom stereocenters. The fourth-order valence-corrected chi connectivity index (χ4v) is 19.3. The summed E-state index contributed by atoms with van der Waals surface area (Å²) in [6, 6.07) is 56.9. The van der Waals surface area contributed by atoms with Gasteiger partial charge in [-0.2, -0.15) is 0 Å². The van der Waals surface area contributed by atoms with Gasteiger partial charge in [0.15, 0.2) is 0 Å². The van der Waals surface area contributed by atoms with E-state index >= 15 is 0 Å². The molecule has 9 aromatic rings. The third-order valence-corrected chi connectivity index (χ3v) is 23.4. The molecule has 3 heterocycles. The average molecular weight is 1060 g/mol. The summed E-state index contributed by atoms with van der Waals surface area (Å²) in [6.45, 7) is 37.0. The van der Waals surface area contributed by atoms with E-state index in [-0.39, 0.29) is 50.5 Å². The third-order valence-electron chi connectivity index (χ3n) is 22.2. The number of fused-ring (bicyclic) bond motifs is 13. The lowest BCUT2D eigenvalue weighted by Crippen LogP contribution is -2.62. The van der Waals surface area contributed by atoms with E-state index in [2.05, 4.69) is 253 Å². The zero-order chi connectivity index (χ0) is 55.7. The molecule has 2 aliphatic heterocycles. The molecule has 0 amide bonds. The van der Waals surface area contributed by atoms with Gasteiger partial charge in [-0.25, -0.2) is 0 Å². The Labute approximate surface area is 481 Å². The second kappa shape index (κ2) is 16.2. The summed E-state index contributed by atoms with van der Waals surface area (Å²) >= 11 is 1.93. The molecule has 1 saturated carbocycles. The van der Waals surface area contributed by atoms with Crippen molar-refractivity contribution < 1.29 is 0 Å². The number of thiophene rings is 1. The highest BCUT2D eigenvalue weighted by molar-refractivity contribution is 7.26. The van der Waals surface area contributed by atoms with Crippen LogP contribution < -0.4 is 26.2 Å². The first-order valence-electron chi connectivity index (χ1n) is 30.2. The van der Waals surface area contributed by atoms with E-state index in [0.29, 0.717) is 0 Å². The highest BCUT2D eigenvalue weighted by Crippen LogP contribution is 2.67. The second-order valence-electron chi connectivity index (χ2n) is 29.7. The fraction of sp³-hybridized carbons (Fsp3) is 0.368. The molecule has 0 N–H and O–H groups in total. The van der Waals surface area contributed by atoms with Gasteiger partial charge in [0.1, 0.15) is 0 Å². The van der Waals surface area contributed by atoms with Gasteiger partial charge in [-0.05, 0) is 192 Å². The van der Waals surface area contributed by atoms with Crippen molar-refractivity contribution in [3.8, 4) is 0 Å². The van der Waals surface area contributed by atoms with Crippen molar-refractivity contribution in [1.82, 2.24) is 0 Å². The normalized spacial score (nSPS) is 23.0. The minimum absolute atomic E-state index is 0.0159. The Hall–Kier alpha value is -6.36. The van der Waals surface area contributed by atoms with Crippen LogP contribution in [0.2, 0.25) is 0 Å². The van der Waals surface area contributed by atoms with Crippen molar-refractivity contribution in [2.45, 2.75) is 174 Å². The van der Waals surface area contributed by atoms with Crippen LogP contribution in [0, 0.1) is 19.3 Å². The van der Waals surface area contributed by atoms with Gasteiger partial charge in [-0.15, -0.1) is 11.3 Å². The molecule has 0 bridgehead atoms. The Morgan fingerprint density at radius 2 is 1.11 bits per heavy atom. The van der Waals surface area contributed by atoms with Crippen LogP contribution in [0.15, 0.2) is 140 Å². The van der Waals surface area contributed by atoms with E-state index in [4.69, 9.17) is 0 Å². The topological polar surface area (TPSA) is 6.48 Å². The quantitative estimate of drug-likeness (QED) is 0.163. The zero-order valence-electron chi connectivity index (χ0n) is 50.3. The largest absolute Gasteiger partial charge is 0.311 e. The molecule has 15 rings (SSSR count). The summed E-state index contributed by atoms with van der Waals surface area (Å²) in [7, 11) is 0. The van der Waals surface area contributed by atoms with Crippen LogP contribution in [0.3, 0.4) is 0 Å². The van der Waals surface area contributed by atoms with E-state index < -0.39 is 0 Å². The lowest BCUT2D eigenvalue weighted by atomic mass is 9.33. The van der Waals surface area contributed by atoms with Gasteiger partial charge in [-0.1, -0.05) is 194 Å². The number of anilines is 6. The monoisotopic (exact) mass is 1060 g/mol. The first-order valence-corrected chi connectivity index (χ1v) is 31.1. The molecular weight excluding hydrogens is 984 g/mol. The number of hydrogen-bond acceptors (Lipinski definition) is 3. The SMILES string of the molecule is Cc1cc2c3c(c1)N(c1cccc4sc5ccccc5c14)c1cc(C4c5ccc(C(C)(C)C)cc5C5(C)CCCCC45C)ccc1B3c1cc3c(cc1N2c1cc2c(cc1C)C(C)(C)CC2(C)C)C(C)(C)c1ccccc1C3(C)C. The van der Waals surface area contributed by atoms with E-state index in [0.717, 1.165) is 6.42 Å². The lowest BCUT2D eigenvalue weighted by Gasteiger charge is -2.50. The highest BCUT2D eigenvalue weighted by atomic mass is 32.1. The van der Waals surface area contributed by atoms with Crippen LogP contribution in [0.1, 0.15) is 195 Å². The minimum atomic E-state index is -0.218. The Kier molecular flexibility index (Phi) is 10.3. The number of benzene rings is 8. The number of nitrogens with zero attached hydrogens (tertiary/aromatic N) is 2. The van der Waals surface area contributed by atoms with Crippen LogP contribution >= 0.6 is 11.3 Å². The second-order valence-corrected chi connectivity index (χ2v) is 30.8. The Morgan fingerprint density at radius 1 is 0.500 bits per heavy atom. The average Bonchev–Trinajstić information content (AvgIpc) is 3.29. The molecule has 8 aromatic carbocycles. The molecular formula is C76H79BN2S. The first kappa shape index (κ1) is 50.6. The summed E-state index contributed by atoms with van der Waals surface area (Å²) < 4.78 is 2.67. The third kappa shape index (κ3) is 6.55. The van der Waals surface area contributed by atoms with Gasteiger partial charge in [0.25, 0.3) is 6.71 Å². The van der Waals surface area contributed by atoms with Crippen molar-refractivity contribution in [1.29, 1.82) is 0 Å². The van der Waals surface area contributed by atoms with Gasteiger partial charge < -0.3 is 9.80 Å². The van der Waals surface area contributed by atoms with Crippen LogP contribution in [-0.2, 0) is 32.5 Å². The number of aryl methyl sites for hydroxylation is 2. The molecule has 6 aliphatic rings. The predicted octanol–water partition coefficient (Wildman–Crippen LogP) is 19.0. The number of rotatable bonds is 3. The molecule has 1 fully saturated rings. The predicted molar refractivity (Wildman–Crippen MR) is 345 cm³/mol. The van der Waals surface area contributed by atoms with E-state index in [1.807, 2.05) is 11.3 Å². The Bertz CT molecular complexity index is 4190. The van der Waals surface area contributed by atoms with Crippen molar-refractivity contribution >= 4 is 88.7 Å². The lowest BCUT2D eigenvalue weighted by molar-refractivity contribution is 0.0923. The zero-order valence-corrected chi connectivity index (χ0v) is 51.1. The van der Waals surface area contributed by atoms with Crippen molar-refractivity contribution in [2.24, 2.45) is 5.41 Å². The summed E-state index contributed by atoms with van der Waals surface area (Å²) in [6.07, 6.45) is 6.15. The first-order chi connectivity index (χ1) is 37.8. The minimum Gasteiger partial charge on any atom is -0.311 e. The van der Waals surface area contributed by atoms with E-state index in [1.54, 1.807) is 11.1 Å². The summed E-state index contributed by atoms with van der Waals surface area (Å²) in [5.74, 6) is 0.262. The summed E-state index contributed by atoms with van der Waals surface area (Å²) in [4.78, 5) is 5.51. The highest BCUT2D eigenvalue weighted by Gasteiger charge is 2.59. The summed E-state index contributed by atoms with van der Waals surface area (Å²) in [5, 5.41) is 2.67. The molecule has 3 unspecified atom stereocenters. The molecule has 2 nitrogen and oxygen atoms in total. The van der Waals surface area contributed by atoms with Crippen molar-refractivity contribution in [3.05, 3.63) is 206 Å². The Morgan fingerprint density at radius 3 is 1.82 bits per heavy atom. The molecule has 0 spiro atoms. The molecule has 4 heteroatoms. The molecule has 0 radical (unpaired) electrons. The fourth-order valence-electron chi connectivity index (χ4n) is 18.2. The van der Waals surface area contributed by atoms with Gasteiger partial charge >= 0.3 is 0 Å². The van der Waals surface area contributed by atoms with E-state index in [1.165, 1.54) is 152 Å². The van der Waals surface area contributed by atoms with Crippen LogP contribution in [-0.4, -0.2) is 6.71 Å². The molecule has 402 valence electrons. The van der Waals surface area contributed by atoms with Crippen molar-refractivity contribution in [3.63, 3.8) is 0 Å². The maximum atomic E-state index is 2.76. The van der Waals surface area contributed by atoms with Crippen LogP contribution in [0.4, 0.5) is 34.1 Å². The van der Waals surface area contributed by atoms with Gasteiger partial charge in [0.2, 0.25) is 0 Å². The van der Waals surface area contributed by atoms with Gasteiger partial charge in [0.05, 0.1) is 5.69 Å². The molecule has 0 saturated heterocycles. The maximum absolute atomic E-state index is 2.76. The Balaban J connectivity index is 1.06. The standard InChI is InChI=1S/C76H79BN2S/c1-44-35-63-69-64(36-44)79(60-41-54-53(37-45(60)2)71(6,7)43-72(54,8)9)62-42-56-55(73(10,11)50-24-17-18-25-51(50)74(56,12)13)40-58(62)77(69)57-32-29-46(38-61(57)78(63)59-26-22-28-66-67(59)49-23-16-19-27-65(49)80-66)68-48-31-30-47(70(3,4)5)39-52(48)75(14)33-20-21-34-76(68,75)15/h16-19,22-32,35-42,68H,20-21,33-34,43H2,1-15H3. The van der Waals surface area contributed by atoms with Crippen molar-refractivity contribution in [2.75, 3.05) is 9.80 Å². The van der Waals surface area contributed by atoms with Crippen LogP contribution in [0.5, 0.6) is 0 Å². The molecule has 1 aromatic heterocycles. The van der Waals surface area contributed by atoms with Gasteiger partial charge in [-0.3, -0.25) is 0 Å².